The zero-order valence-corrected chi connectivity index (χ0v) is 7.87. The van der Waals surface area contributed by atoms with Gasteiger partial charge in [-0.05, 0) is 20.8 Å². The Kier molecular flexibility index (Phi) is 5.19. The van der Waals surface area contributed by atoms with E-state index in [4.69, 9.17) is 11.5 Å². The van der Waals surface area contributed by atoms with E-state index in [1.807, 2.05) is 0 Å². The normalized spacial score (nSPS) is 12.2. The molecule has 0 saturated carbocycles. The van der Waals surface area contributed by atoms with Gasteiger partial charge >= 0.3 is 0 Å². The van der Waals surface area contributed by atoms with Gasteiger partial charge in [-0.15, -0.1) is 12.4 Å². The number of primary amides is 1. The summed E-state index contributed by atoms with van der Waals surface area (Å²) in [5, 5.41) is 0. The molecule has 0 atom stereocenters. The Morgan fingerprint density at radius 1 is 1.45 bits per heavy atom. The predicted octanol–water partition coefficient (Wildman–Crippen LogP) is 0.577. The Hall–Kier alpha value is -0.540. The van der Waals surface area contributed by atoms with Crippen molar-refractivity contribution in [3.05, 3.63) is 11.6 Å². The summed E-state index contributed by atoms with van der Waals surface area (Å²) in [4.78, 5) is 10.7. The van der Waals surface area contributed by atoms with Gasteiger partial charge in [0.25, 0.3) is 0 Å². The number of allylic oxidation sites excluding steroid dienone is 1. The minimum absolute atomic E-state index is 0. The van der Waals surface area contributed by atoms with Crippen LogP contribution < -0.4 is 11.5 Å². The SMILES string of the molecule is CC=C(C(N)=O)C(C)(C)N.Cl. The van der Waals surface area contributed by atoms with Gasteiger partial charge in [0.05, 0.1) is 0 Å². The van der Waals surface area contributed by atoms with Crippen molar-refractivity contribution in [2.75, 3.05) is 0 Å². The van der Waals surface area contributed by atoms with Gasteiger partial charge in [0.15, 0.2) is 0 Å². The molecule has 0 rings (SSSR count). The molecular weight excluding hydrogens is 164 g/mol. The van der Waals surface area contributed by atoms with E-state index in [0.29, 0.717) is 5.57 Å². The Labute approximate surface area is 73.2 Å². The number of hydrogen-bond acceptors (Lipinski definition) is 2. The molecular formula is C7H15ClN2O. The van der Waals surface area contributed by atoms with Gasteiger partial charge in [0.1, 0.15) is 0 Å². The van der Waals surface area contributed by atoms with Gasteiger partial charge in [0, 0.05) is 11.1 Å². The molecule has 0 bridgehead atoms. The molecule has 0 aliphatic heterocycles. The van der Waals surface area contributed by atoms with E-state index >= 15 is 0 Å². The number of carbonyl (C=O) groups is 1. The Morgan fingerprint density at radius 2 is 1.82 bits per heavy atom. The first-order chi connectivity index (χ1) is 4.39. The summed E-state index contributed by atoms with van der Waals surface area (Å²) in [7, 11) is 0. The molecule has 4 N–H and O–H groups in total. The molecule has 0 aromatic rings. The van der Waals surface area contributed by atoms with Crippen LogP contribution >= 0.6 is 12.4 Å². The van der Waals surface area contributed by atoms with E-state index in [9.17, 15) is 4.79 Å². The molecule has 0 saturated heterocycles. The van der Waals surface area contributed by atoms with Gasteiger partial charge in [-0.1, -0.05) is 6.08 Å². The monoisotopic (exact) mass is 178 g/mol. The van der Waals surface area contributed by atoms with E-state index in [1.165, 1.54) is 0 Å². The van der Waals surface area contributed by atoms with Gasteiger partial charge < -0.3 is 11.5 Å². The molecule has 0 spiro atoms. The lowest BCUT2D eigenvalue weighted by Gasteiger charge is -2.19. The van der Waals surface area contributed by atoms with Crippen LogP contribution in [0.3, 0.4) is 0 Å². The van der Waals surface area contributed by atoms with Crippen molar-refractivity contribution in [3.63, 3.8) is 0 Å². The third-order valence-corrected chi connectivity index (χ3v) is 1.25. The Morgan fingerprint density at radius 3 is 1.82 bits per heavy atom. The summed E-state index contributed by atoms with van der Waals surface area (Å²) in [5.41, 5.74) is 10.5. The highest BCUT2D eigenvalue weighted by molar-refractivity contribution is 5.93. The molecule has 1 amide bonds. The minimum atomic E-state index is -0.624. The maximum Gasteiger partial charge on any atom is 0.246 e. The van der Waals surface area contributed by atoms with Crippen LogP contribution in [0.1, 0.15) is 20.8 Å². The first-order valence-corrected chi connectivity index (χ1v) is 3.15. The number of halogens is 1. The van der Waals surface area contributed by atoms with E-state index in [0.717, 1.165) is 0 Å². The molecule has 66 valence electrons. The molecule has 0 aromatic carbocycles. The highest BCUT2D eigenvalue weighted by Crippen LogP contribution is 2.10. The molecule has 11 heavy (non-hydrogen) atoms. The standard InChI is InChI=1S/C7H14N2O.ClH/c1-4-5(6(8)10)7(2,3)9;/h4H,9H2,1-3H3,(H2,8,10);1H. The first-order valence-electron chi connectivity index (χ1n) is 3.15. The lowest BCUT2D eigenvalue weighted by atomic mass is 9.95. The summed E-state index contributed by atoms with van der Waals surface area (Å²) in [6.45, 7) is 5.23. The fraction of sp³-hybridized carbons (Fsp3) is 0.571. The summed E-state index contributed by atoms with van der Waals surface area (Å²) >= 11 is 0. The van der Waals surface area contributed by atoms with Crippen molar-refractivity contribution >= 4 is 18.3 Å². The van der Waals surface area contributed by atoms with Gasteiger partial charge in [0.2, 0.25) is 5.91 Å². The second kappa shape index (κ2) is 4.36. The van der Waals surface area contributed by atoms with Crippen LogP contribution in [0.2, 0.25) is 0 Å². The number of amides is 1. The van der Waals surface area contributed by atoms with Crippen LogP contribution in [0, 0.1) is 0 Å². The molecule has 0 aliphatic rings. The predicted molar refractivity (Wildman–Crippen MR) is 48.5 cm³/mol. The van der Waals surface area contributed by atoms with Crippen molar-refractivity contribution in [2.45, 2.75) is 26.3 Å². The van der Waals surface area contributed by atoms with E-state index < -0.39 is 11.4 Å². The average Bonchev–Trinajstić information content (AvgIpc) is 1.60. The van der Waals surface area contributed by atoms with Crippen LogP contribution in [0.15, 0.2) is 11.6 Å². The lowest BCUT2D eigenvalue weighted by molar-refractivity contribution is -0.115. The molecule has 0 aromatic heterocycles. The molecule has 0 radical (unpaired) electrons. The molecule has 4 heteroatoms. The average molecular weight is 179 g/mol. The van der Waals surface area contributed by atoms with Crippen molar-refractivity contribution in [1.29, 1.82) is 0 Å². The van der Waals surface area contributed by atoms with Crippen molar-refractivity contribution in [2.24, 2.45) is 11.5 Å². The second-order valence-corrected chi connectivity index (χ2v) is 2.79. The van der Waals surface area contributed by atoms with Crippen molar-refractivity contribution in [1.82, 2.24) is 0 Å². The van der Waals surface area contributed by atoms with E-state index in [-0.39, 0.29) is 12.4 Å². The van der Waals surface area contributed by atoms with E-state index in [2.05, 4.69) is 0 Å². The Bertz CT molecular complexity index is 170. The molecule has 0 unspecified atom stereocenters. The Balaban J connectivity index is 0. The topological polar surface area (TPSA) is 69.1 Å². The largest absolute Gasteiger partial charge is 0.366 e. The zero-order valence-electron chi connectivity index (χ0n) is 7.05. The van der Waals surface area contributed by atoms with Gasteiger partial charge in [-0.3, -0.25) is 4.79 Å². The number of rotatable bonds is 2. The van der Waals surface area contributed by atoms with Crippen LogP contribution in [0.4, 0.5) is 0 Å². The zero-order chi connectivity index (χ0) is 8.36. The highest BCUT2D eigenvalue weighted by atomic mass is 35.5. The molecule has 3 nitrogen and oxygen atoms in total. The fourth-order valence-electron chi connectivity index (χ4n) is 0.832. The van der Waals surface area contributed by atoms with Crippen LogP contribution in [0.25, 0.3) is 0 Å². The second-order valence-electron chi connectivity index (χ2n) is 2.79. The van der Waals surface area contributed by atoms with Gasteiger partial charge in [-0.2, -0.15) is 0 Å². The van der Waals surface area contributed by atoms with Crippen LogP contribution in [-0.4, -0.2) is 11.4 Å². The fourth-order valence-corrected chi connectivity index (χ4v) is 0.832. The molecule has 0 heterocycles. The maximum atomic E-state index is 10.7. The quantitative estimate of drug-likeness (QED) is 0.608. The summed E-state index contributed by atoms with van der Waals surface area (Å²) in [6.07, 6.45) is 1.64. The third kappa shape index (κ3) is 4.01. The summed E-state index contributed by atoms with van der Waals surface area (Å²) in [5.74, 6) is -0.449. The number of hydrogen-bond donors (Lipinski definition) is 2. The first kappa shape index (κ1) is 13.1. The lowest BCUT2D eigenvalue weighted by Crippen LogP contribution is -2.40. The number of carbonyl (C=O) groups excluding carboxylic acids is 1. The molecule has 0 fully saturated rings. The van der Waals surface area contributed by atoms with Crippen LogP contribution in [0.5, 0.6) is 0 Å². The summed E-state index contributed by atoms with van der Waals surface area (Å²) < 4.78 is 0. The molecule has 0 aliphatic carbocycles. The van der Waals surface area contributed by atoms with E-state index in [1.54, 1.807) is 26.8 Å². The third-order valence-electron chi connectivity index (χ3n) is 1.25. The highest BCUT2D eigenvalue weighted by Gasteiger charge is 2.20. The maximum absolute atomic E-state index is 10.7. The van der Waals surface area contributed by atoms with Crippen molar-refractivity contribution in [3.8, 4) is 0 Å². The summed E-state index contributed by atoms with van der Waals surface area (Å²) in [6, 6.07) is 0. The minimum Gasteiger partial charge on any atom is -0.366 e. The van der Waals surface area contributed by atoms with Crippen LogP contribution in [-0.2, 0) is 4.79 Å². The van der Waals surface area contributed by atoms with Gasteiger partial charge in [-0.25, -0.2) is 0 Å². The number of nitrogens with two attached hydrogens (primary N) is 2. The van der Waals surface area contributed by atoms with Crippen molar-refractivity contribution < 1.29 is 4.79 Å². The smallest absolute Gasteiger partial charge is 0.246 e.